The highest BCUT2D eigenvalue weighted by atomic mass is 35.5. The first-order chi connectivity index (χ1) is 6.34. The van der Waals surface area contributed by atoms with Crippen LogP contribution in [0.2, 0.25) is 5.22 Å². The van der Waals surface area contributed by atoms with Gasteiger partial charge in [0, 0.05) is 6.20 Å². The molecule has 0 bridgehead atoms. The zero-order chi connectivity index (χ0) is 9.10. The summed E-state index contributed by atoms with van der Waals surface area (Å²) >= 11 is 5.61. The van der Waals surface area contributed by atoms with Crippen molar-refractivity contribution in [2.45, 2.75) is 6.54 Å². The molecule has 2 aromatic rings. The first-order valence-corrected chi connectivity index (χ1v) is 4.19. The lowest BCUT2D eigenvalue weighted by Crippen LogP contribution is -1.96. The van der Waals surface area contributed by atoms with Crippen LogP contribution >= 0.6 is 11.6 Å². The molecular weight excluding hydrogens is 190 g/mol. The zero-order valence-corrected chi connectivity index (χ0v) is 7.51. The van der Waals surface area contributed by atoms with Crippen LogP contribution in [0.1, 0.15) is 5.76 Å². The Bertz CT molecular complexity index is 368. The third-order valence-corrected chi connectivity index (χ3v) is 1.80. The van der Waals surface area contributed by atoms with Crippen molar-refractivity contribution < 1.29 is 4.42 Å². The largest absolute Gasteiger partial charge is 0.448 e. The molecule has 0 amide bonds. The average Bonchev–Trinajstić information content (AvgIpc) is 2.71. The van der Waals surface area contributed by atoms with E-state index in [1.54, 1.807) is 18.5 Å². The van der Waals surface area contributed by atoms with Gasteiger partial charge in [-0.05, 0) is 23.7 Å². The van der Waals surface area contributed by atoms with Gasteiger partial charge >= 0.3 is 0 Å². The minimum atomic E-state index is 0.406. The Morgan fingerprint density at radius 3 is 3.08 bits per heavy atom. The molecule has 0 aliphatic carbocycles. The fraction of sp³-hybridized carbons (Fsp3) is 0.125. The van der Waals surface area contributed by atoms with Gasteiger partial charge < -0.3 is 9.73 Å². The molecule has 0 aliphatic rings. The average molecular weight is 198 g/mol. The Balaban J connectivity index is 1.93. The van der Waals surface area contributed by atoms with Crippen LogP contribution in [0.15, 0.2) is 28.9 Å². The monoisotopic (exact) mass is 197 g/mol. The van der Waals surface area contributed by atoms with Gasteiger partial charge in [-0.15, -0.1) is 0 Å². The van der Waals surface area contributed by atoms with Crippen LogP contribution in [0.3, 0.4) is 0 Å². The number of furan rings is 1. The number of nitrogens with zero attached hydrogens (tertiary/aromatic N) is 1. The number of aromatic nitrogens is 2. The van der Waals surface area contributed by atoms with Gasteiger partial charge in [0.25, 0.3) is 0 Å². The summed E-state index contributed by atoms with van der Waals surface area (Å²) in [6, 6.07) is 3.54. The molecule has 0 saturated carbocycles. The van der Waals surface area contributed by atoms with Gasteiger partial charge in [-0.2, -0.15) is 5.10 Å². The van der Waals surface area contributed by atoms with Crippen molar-refractivity contribution in [3.05, 3.63) is 35.5 Å². The van der Waals surface area contributed by atoms with E-state index in [0.717, 1.165) is 11.4 Å². The summed E-state index contributed by atoms with van der Waals surface area (Å²) < 4.78 is 5.15. The van der Waals surface area contributed by atoms with Crippen LogP contribution in [-0.2, 0) is 6.54 Å². The van der Waals surface area contributed by atoms with E-state index in [2.05, 4.69) is 15.5 Å². The Kier molecular flexibility index (Phi) is 2.23. The van der Waals surface area contributed by atoms with Crippen LogP contribution in [-0.4, -0.2) is 10.2 Å². The number of H-pyrrole nitrogens is 1. The lowest BCUT2D eigenvalue weighted by atomic mass is 10.4. The quantitative estimate of drug-likeness (QED) is 0.794. The topological polar surface area (TPSA) is 53.9 Å². The van der Waals surface area contributed by atoms with Crippen LogP contribution in [0.25, 0.3) is 0 Å². The molecule has 0 unspecified atom stereocenters. The van der Waals surface area contributed by atoms with E-state index >= 15 is 0 Å². The van der Waals surface area contributed by atoms with Crippen molar-refractivity contribution in [3.63, 3.8) is 0 Å². The van der Waals surface area contributed by atoms with E-state index in [1.807, 2.05) is 6.07 Å². The van der Waals surface area contributed by atoms with E-state index in [-0.39, 0.29) is 0 Å². The third-order valence-electron chi connectivity index (χ3n) is 1.59. The SMILES string of the molecule is Clc1ccc(CNc2cn[nH]c2)o1. The second-order valence-corrected chi connectivity index (χ2v) is 2.92. The molecular formula is C8H8ClN3O. The molecule has 2 aromatic heterocycles. The smallest absolute Gasteiger partial charge is 0.193 e. The van der Waals surface area contributed by atoms with Gasteiger partial charge in [0.15, 0.2) is 5.22 Å². The summed E-state index contributed by atoms with van der Waals surface area (Å²) in [4.78, 5) is 0. The van der Waals surface area contributed by atoms with Crippen LogP contribution < -0.4 is 5.32 Å². The molecule has 0 atom stereocenters. The second kappa shape index (κ2) is 3.53. The number of rotatable bonds is 3. The van der Waals surface area contributed by atoms with E-state index in [9.17, 15) is 0 Å². The number of anilines is 1. The molecule has 0 radical (unpaired) electrons. The van der Waals surface area contributed by atoms with Gasteiger partial charge in [0.05, 0.1) is 18.4 Å². The second-order valence-electron chi connectivity index (χ2n) is 2.55. The standard InChI is InChI=1S/C8H8ClN3O/c9-8-2-1-7(13-8)5-10-6-3-11-12-4-6/h1-4,10H,5H2,(H,11,12). The van der Waals surface area contributed by atoms with Crippen LogP contribution in [0.4, 0.5) is 5.69 Å². The maximum absolute atomic E-state index is 5.61. The molecule has 0 spiro atoms. The van der Waals surface area contributed by atoms with Gasteiger partial charge in [-0.25, -0.2) is 0 Å². The minimum Gasteiger partial charge on any atom is -0.448 e. The first kappa shape index (κ1) is 8.19. The summed E-state index contributed by atoms with van der Waals surface area (Å²) in [6.07, 6.45) is 3.47. The molecule has 0 aromatic carbocycles. The van der Waals surface area contributed by atoms with Gasteiger partial charge in [-0.3, -0.25) is 5.10 Å². The Hall–Kier alpha value is -1.42. The summed E-state index contributed by atoms with van der Waals surface area (Å²) in [6.45, 7) is 0.603. The fourth-order valence-corrected chi connectivity index (χ4v) is 1.15. The van der Waals surface area contributed by atoms with Crippen LogP contribution in [0.5, 0.6) is 0 Å². The summed E-state index contributed by atoms with van der Waals surface area (Å²) in [5, 5.41) is 10.0. The summed E-state index contributed by atoms with van der Waals surface area (Å²) in [5.41, 5.74) is 0.924. The molecule has 0 fully saturated rings. The fourth-order valence-electron chi connectivity index (χ4n) is 0.983. The van der Waals surface area contributed by atoms with E-state index in [1.165, 1.54) is 0 Å². The van der Waals surface area contributed by atoms with Crippen molar-refractivity contribution in [2.75, 3.05) is 5.32 Å². The van der Waals surface area contributed by atoms with Crippen molar-refractivity contribution in [3.8, 4) is 0 Å². The van der Waals surface area contributed by atoms with Gasteiger partial charge in [0.2, 0.25) is 0 Å². The summed E-state index contributed by atoms with van der Waals surface area (Å²) in [7, 11) is 0. The molecule has 2 heterocycles. The van der Waals surface area contributed by atoms with E-state index in [4.69, 9.17) is 16.0 Å². The maximum atomic E-state index is 5.61. The molecule has 5 heteroatoms. The van der Waals surface area contributed by atoms with Crippen molar-refractivity contribution in [1.82, 2.24) is 10.2 Å². The lowest BCUT2D eigenvalue weighted by Gasteiger charge is -1.98. The van der Waals surface area contributed by atoms with Gasteiger partial charge in [-0.1, -0.05) is 0 Å². The highest BCUT2D eigenvalue weighted by Crippen LogP contribution is 2.14. The molecule has 68 valence electrons. The molecule has 2 rings (SSSR count). The first-order valence-electron chi connectivity index (χ1n) is 3.81. The highest BCUT2D eigenvalue weighted by molar-refractivity contribution is 6.28. The molecule has 0 saturated heterocycles. The van der Waals surface area contributed by atoms with Crippen molar-refractivity contribution >= 4 is 17.3 Å². The molecule has 2 N–H and O–H groups in total. The Labute approximate surface area is 79.9 Å². The lowest BCUT2D eigenvalue weighted by molar-refractivity contribution is 0.520. The van der Waals surface area contributed by atoms with Crippen LogP contribution in [0, 0.1) is 0 Å². The normalized spacial score (nSPS) is 10.2. The molecule has 13 heavy (non-hydrogen) atoms. The predicted molar refractivity (Wildman–Crippen MR) is 49.6 cm³/mol. The minimum absolute atomic E-state index is 0.406. The Morgan fingerprint density at radius 2 is 2.46 bits per heavy atom. The van der Waals surface area contributed by atoms with E-state index in [0.29, 0.717) is 11.8 Å². The Morgan fingerprint density at radius 1 is 1.54 bits per heavy atom. The number of halogens is 1. The highest BCUT2D eigenvalue weighted by Gasteiger charge is 1.99. The number of hydrogen-bond acceptors (Lipinski definition) is 3. The van der Waals surface area contributed by atoms with Crippen molar-refractivity contribution in [2.24, 2.45) is 0 Å². The zero-order valence-electron chi connectivity index (χ0n) is 6.75. The number of nitrogens with one attached hydrogen (secondary N) is 2. The maximum Gasteiger partial charge on any atom is 0.193 e. The molecule has 4 nitrogen and oxygen atoms in total. The van der Waals surface area contributed by atoms with Crippen molar-refractivity contribution in [1.29, 1.82) is 0 Å². The predicted octanol–water partition coefficient (Wildman–Crippen LogP) is 2.27. The number of aromatic amines is 1. The summed E-state index contributed by atoms with van der Waals surface area (Å²) in [5.74, 6) is 0.797. The third kappa shape index (κ3) is 2.03. The van der Waals surface area contributed by atoms with E-state index < -0.39 is 0 Å². The van der Waals surface area contributed by atoms with Gasteiger partial charge in [0.1, 0.15) is 5.76 Å². The molecule has 0 aliphatic heterocycles. The number of hydrogen-bond donors (Lipinski definition) is 2.